The van der Waals surface area contributed by atoms with Crippen LogP contribution in [0.5, 0.6) is 5.75 Å². The van der Waals surface area contributed by atoms with Crippen molar-refractivity contribution in [1.29, 1.82) is 0 Å². The lowest BCUT2D eigenvalue weighted by Gasteiger charge is -2.07. The van der Waals surface area contributed by atoms with Crippen molar-refractivity contribution >= 4 is 28.5 Å². The summed E-state index contributed by atoms with van der Waals surface area (Å²) in [5.74, 6) is 0.610. The van der Waals surface area contributed by atoms with Gasteiger partial charge in [0.05, 0.1) is 19.2 Å². The molecule has 0 aliphatic carbocycles. The van der Waals surface area contributed by atoms with Crippen LogP contribution < -0.4 is 10.1 Å². The maximum Gasteiger partial charge on any atom is 0.251 e. The molecule has 0 spiro atoms. The molecule has 1 N–H and O–H groups in total. The highest BCUT2D eigenvalue weighted by atomic mass is 35.5. The predicted molar refractivity (Wildman–Crippen MR) is 112 cm³/mol. The minimum Gasteiger partial charge on any atom is -0.497 e. The van der Waals surface area contributed by atoms with Gasteiger partial charge in [-0.15, -0.1) is 5.10 Å². The van der Waals surface area contributed by atoms with Crippen molar-refractivity contribution in [3.05, 3.63) is 88.4 Å². The Labute approximate surface area is 173 Å². The van der Waals surface area contributed by atoms with Crippen LogP contribution in [-0.2, 0) is 13.1 Å². The average Bonchev–Trinajstić information content (AvgIpc) is 3.15. The van der Waals surface area contributed by atoms with Gasteiger partial charge in [-0.05, 0) is 47.5 Å². The minimum atomic E-state index is -0.186. The summed E-state index contributed by atoms with van der Waals surface area (Å²) in [5, 5.41) is 12.0. The second-order valence-electron chi connectivity index (χ2n) is 6.58. The second kappa shape index (κ2) is 8.32. The van der Waals surface area contributed by atoms with Crippen molar-refractivity contribution in [3.63, 3.8) is 0 Å². The zero-order valence-corrected chi connectivity index (χ0v) is 16.6. The van der Waals surface area contributed by atoms with Crippen LogP contribution in [-0.4, -0.2) is 28.0 Å². The number of hydrogen-bond donors (Lipinski definition) is 1. The van der Waals surface area contributed by atoms with Gasteiger partial charge in [-0.1, -0.05) is 47.1 Å². The molecule has 0 saturated heterocycles. The summed E-state index contributed by atoms with van der Waals surface area (Å²) in [6, 6.07) is 20.6. The van der Waals surface area contributed by atoms with Crippen LogP contribution in [0, 0.1) is 0 Å². The van der Waals surface area contributed by atoms with E-state index in [1.165, 1.54) is 0 Å². The number of rotatable bonds is 6. The van der Waals surface area contributed by atoms with E-state index in [0.29, 0.717) is 29.2 Å². The van der Waals surface area contributed by atoms with Gasteiger partial charge in [0.1, 0.15) is 11.3 Å². The van der Waals surface area contributed by atoms with E-state index in [1.54, 1.807) is 30.0 Å². The Morgan fingerprint density at radius 1 is 1.10 bits per heavy atom. The largest absolute Gasteiger partial charge is 0.497 e. The molecule has 0 bridgehead atoms. The molecular formula is C22H19ClN4O2. The van der Waals surface area contributed by atoms with Gasteiger partial charge < -0.3 is 10.1 Å². The Morgan fingerprint density at radius 2 is 1.97 bits per heavy atom. The van der Waals surface area contributed by atoms with Gasteiger partial charge in [-0.2, -0.15) is 0 Å². The molecule has 7 heteroatoms. The van der Waals surface area contributed by atoms with Crippen molar-refractivity contribution in [3.8, 4) is 5.75 Å². The number of halogens is 1. The van der Waals surface area contributed by atoms with Gasteiger partial charge in [0.2, 0.25) is 0 Å². The highest BCUT2D eigenvalue weighted by molar-refractivity contribution is 6.31. The fraction of sp³-hybridized carbons (Fsp3) is 0.136. The first-order valence-corrected chi connectivity index (χ1v) is 9.49. The van der Waals surface area contributed by atoms with Crippen LogP contribution in [0.3, 0.4) is 0 Å². The van der Waals surface area contributed by atoms with Crippen LogP contribution in [0.4, 0.5) is 0 Å². The molecule has 3 aromatic carbocycles. The van der Waals surface area contributed by atoms with E-state index < -0.39 is 0 Å². The van der Waals surface area contributed by atoms with Gasteiger partial charge in [0, 0.05) is 17.1 Å². The highest BCUT2D eigenvalue weighted by Crippen LogP contribution is 2.18. The van der Waals surface area contributed by atoms with E-state index in [4.69, 9.17) is 16.3 Å². The third-order valence-corrected chi connectivity index (χ3v) is 5.01. The summed E-state index contributed by atoms with van der Waals surface area (Å²) < 4.78 is 7.07. The van der Waals surface area contributed by atoms with Crippen LogP contribution >= 0.6 is 11.6 Å². The van der Waals surface area contributed by atoms with Crippen molar-refractivity contribution < 1.29 is 9.53 Å². The summed E-state index contributed by atoms with van der Waals surface area (Å²) in [4.78, 5) is 12.5. The first-order chi connectivity index (χ1) is 14.1. The van der Waals surface area contributed by atoms with Crippen molar-refractivity contribution in [1.82, 2.24) is 20.3 Å². The summed E-state index contributed by atoms with van der Waals surface area (Å²) in [6.07, 6.45) is 0. The molecule has 0 atom stereocenters. The van der Waals surface area contributed by atoms with E-state index in [9.17, 15) is 4.79 Å². The topological polar surface area (TPSA) is 69.0 Å². The lowest BCUT2D eigenvalue weighted by Crippen LogP contribution is -2.22. The molecular weight excluding hydrogens is 388 g/mol. The molecule has 6 nitrogen and oxygen atoms in total. The summed E-state index contributed by atoms with van der Waals surface area (Å²) in [7, 11) is 1.64. The minimum absolute atomic E-state index is 0.186. The number of amides is 1. The number of aromatic nitrogens is 3. The SMILES string of the molecule is COc1cccc(Cn2nnc3cc(C(=O)NCc4ccccc4Cl)ccc32)c1. The number of benzene rings is 3. The molecule has 4 aromatic rings. The molecule has 0 unspecified atom stereocenters. The molecule has 146 valence electrons. The van der Waals surface area contributed by atoms with E-state index in [-0.39, 0.29) is 5.91 Å². The van der Waals surface area contributed by atoms with Crippen LogP contribution in [0.2, 0.25) is 5.02 Å². The van der Waals surface area contributed by atoms with Gasteiger partial charge in [0.25, 0.3) is 5.91 Å². The van der Waals surface area contributed by atoms with Crippen molar-refractivity contribution in [2.24, 2.45) is 0 Å². The molecule has 0 fully saturated rings. The van der Waals surface area contributed by atoms with E-state index in [1.807, 2.05) is 48.5 Å². The van der Waals surface area contributed by atoms with E-state index in [0.717, 1.165) is 22.4 Å². The Bertz CT molecular complexity index is 1170. The number of hydrogen-bond acceptors (Lipinski definition) is 4. The molecule has 0 aliphatic heterocycles. The fourth-order valence-corrected chi connectivity index (χ4v) is 3.30. The van der Waals surface area contributed by atoms with Crippen LogP contribution in [0.25, 0.3) is 11.0 Å². The molecule has 4 rings (SSSR count). The number of carbonyl (C=O) groups excluding carboxylic acids is 1. The third kappa shape index (κ3) is 4.22. The molecule has 29 heavy (non-hydrogen) atoms. The summed E-state index contributed by atoms with van der Waals surface area (Å²) in [5.41, 5.74) is 3.97. The summed E-state index contributed by atoms with van der Waals surface area (Å²) in [6.45, 7) is 0.921. The number of methoxy groups -OCH3 is 1. The Morgan fingerprint density at radius 3 is 2.79 bits per heavy atom. The zero-order chi connectivity index (χ0) is 20.2. The second-order valence-corrected chi connectivity index (χ2v) is 6.98. The normalized spacial score (nSPS) is 10.8. The standard InChI is InChI=1S/C22H19ClN4O2/c1-29-18-7-4-5-15(11-18)14-27-21-10-9-16(12-20(21)25-26-27)22(28)24-13-17-6-2-3-8-19(17)23/h2-12H,13-14H2,1H3,(H,24,28). The van der Waals surface area contributed by atoms with Crippen LogP contribution in [0.1, 0.15) is 21.5 Å². The molecule has 0 radical (unpaired) electrons. The predicted octanol–water partition coefficient (Wildman–Crippen LogP) is 4.07. The smallest absolute Gasteiger partial charge is 0.251 e. The highest BCUT2D eigenvalue weighted by Gasteiger charge is 2.11. The van der Waals surface area contributed by atoms with Gasteiger partial charge in [0.15, 0.2) is 0 Å². The molecule has 0 saturated carbocycles. The first-order valence-electron chi connectivity index (χ1n) is 9.12. The van der Waals surface area contributed by atoms with Gasteiger partial charge in [-0.3, -0.25) is 4.79 Å². The number of ether oxygens (including phenoxy) is 1. The Balaban J connectivity index is 1.50. The average molecular weight is 407 g/mol. The molecule has 0 aliphatic rings. The maximum absolute atomic E-state index is 12.5. The van der Waals surface area contributed by atoms with Crippen molar-refractivity contribution in [2.75, 3.05) is 7.11 Å². The quantitative estimate of drug-likeness (QED) is 0.524. The van der Waals surface area contributed by atoms with Gasteiger partial charge in [-0.25, -0.2) is 4.68 Å². The maximum atomic E-state index is 12.5. The number of nitrogens with zero attached hydrogens (tertiary/aromatic N) is 3. The monoisotopic (exact) mass is 406 g/mol. The van der Waals surface area contributed by atoms with Crippen LogP contribution in [0.15, 0.2) is 66.7 Å². The number of carbonyl (C=O) groups is 1. The van der Waals surface area contributed by atoms with E-state index in [2.05, 4.69) is 15.6 Å². The lowest BCUT2D eigenvalue weighted by molar-refractivity contribution is 0.0951. The third-order valence-electron chi connectivity index (χ3n) is 4.64. The molecule has 1 amide bonds. The molecule has 1 aromatic heterocycles. The Hall–Kier alpha value is -3.38. The first kappa shape index (κ1) is 19.0. The fourth-order valence-electron chi connectivity index (χ4n) is 3.09. The van der Waals surface area contributed by atoms with E-state index >= 15 is 0 Å². The van der Waals surface area contributed by atoms with Crippen molar-refractivity contribution in [2.45, 2.75) is 13.1 Å². The number of nitrogens with one attached hydrogen (secondary N) is 1. The Kier molecular flexibility index (Phi) is 5.44. The van der Waals surface area contributed by atoms with Gasteiger partial charge >= 0.3 is 0 Å². The zero-order valence-electron chi connectivity index (χ0n) is 15.8. The number of fused-ring (bicyclic) bond motifs is 1. The lowest BCUT2D eigenvalue weighted by atomic mass is 10.1. The summed E-state index contributed by atoms with van der Waals surface area (Å²) >= 11 is 6.14. The molecule has 1 heterocycles.